The fourth-order valence-electron chi connectivity index (χ4n) is 3.59. The van der Waals surface area contributed by atoms with Crippen LogP contribution in [0.25, 0.3) is 32.1 Å². The summed E-state index contributed by atoms with van der Waals surface area (Å²) in [5.74, 6) is 0.331. The number of benzene rings is 1. The number of pyridine rings is 2. The molecule has 0 aliphatic carbocycles. The Hall–Kier alpha value is -2.50. The monoisotopic (exact) mass is 363 g/mol. The van der Waals surface area contributed by atoms with Gasteiger partial charge < -0.3 is 10.7 Å². The molecule has 0 saturated carbocycles. The van der Waals surface area contributed by atoms with Gasteiger partial charge in [0.25, 0.3) is 5.56 Å². The predicted octanol–water partition coefficient (Wildman–Crippen LogP) is 4.48. The van der Waals surface area contributed by atoms with Gasteiger partial charge in [-0.2, -0.15) is 0 Å². The van der Waals surface area contributed by atoms with Crippen LogP contribution in [0.4, 0.5) is 0 Å². The summed E-state index contributed by atoms with van der Waals surface area (Å²) in [4.78, 5) is 20.1. The van der Waals surface area contributed by atoms with Gasteiger partial charge in [-0.15, -0.1) is 11.3 Å². The number of aromatic amines is 1. The lowest BCUT2D eigenvalue weighted by atomic mass is 9.94. The zero-order chi connectivity index (χ0) is 18.4. The molecular weight excluding hydrogens is 342 g/mol. The first-order chi connectivity index (χ1) is 12.5. The van der Waals surface area contributed by atoms with Crippen molar-refractivity contribution in [3.8, 4) is 11.1 Å². The molecule has 26 heavy (non-hydrogen) atoms. The molecule has 0 saturated heterocycles. The maximum Gasteiger partial charge on any atom is 0.266 e. The van der Waals surface area contributed by atoms with E-state index in [1.54, 1.807) is 0 Å². The van der Waals surface area contributed by atoms with Crippen molar-refractivity contribution in [2.45, 2.75) is 26.7 Å². The summed E-state index contributed by atoms with van der Waals surface area (Å²) in [6, 6.07) is 10.6. The lowest BCUT2D eigenvalue weighted by Crippen LogP contribution is -2.09. The van der Waals surface area contributed by atoms with E-state index in [-0.39, 0.29) is 5.56 Å². The molecule has 3 N–H and O–H groups in total. The maximum absolute atomic E-state index is 12.4. The number of nitrogens with one attached hydrogen (secondary N) is 1. The SMILES string of the molecule is Cc1nc(C)c2[nH]c(=O)c3sccc3c2c1-c1ccc(C(C)CN)cc1. The highest BCUT2D eigenvalue weighted by molar-refractivity contribution is 7.17. The van der Waals surface area contributed by atoms with Gasteiger partial charge in [-0.3, -0.25) is 9.78 Å². The second-order valence-corrected chi connectivity index (χ2v) is 7.70. The normalized spacial score (nSPS) is 12.8. The smallest absolute Gasteiger partial charge is 0.266 e. The number of aryl methyl sites for hydroxylation is 2. The number of fused-ring (bicyclic) bond motifs is 3. The first kappa shape index (κ1) is 16.9. The van der Waals surface area contributed by atoms with Crippen LogP contribution in [-0.4, -0.2) is 16.5 Å². The summed E-state index contributed by atoms with van der Waals surface area (Å²) in [6.45, 7) is 6.73. The molecule has 1 unspecified atom stereocenters. The molecule has 3 aromatic heterocycles. The molecule has 0 radical (unpaired) electrons. The number of hydrogen-bond acceptors (Lipinski definition) is 4. The molecule has 132 valence electrons. The van der Waals surface area contributed by atoms with Gasteiger partial charge in [-0.1, -0.05) is 31.2 Å². The van der Waals surface area contributed by atoms with Gasteiger partial charge >= 0.3 is 0 Å². The van der Waals surface area contributed by atoms with Gasteiger partial charge in [0.2, 0.25) is 0 Å². The van der Waals surface area contributed by atoms with Crippen LogP contribution in [0.15, 0.2) is 40.5 Å². The van der Waals surface area contributed by atoms with E-state index in [0.717, 1.165) is 43.5 Å². The van der Waals surface area contributed by atoms with Crippen molar-refractivity contribution in [2.24, 2.45) is 5.73 Å². The summed E-state index contributed by atoms with van der Waals surface area (Å²) < 4.78 is 0.761. The molecule has 1 aromatic carbocycles. The minimum atomic E-state index is -0.0469. The van der Waals surface area contributed by atoms with Crippen molar-refractivity contribution in [3.63, 3.8) is 0 Å². The largest absolute Gasteiger partial charge is 0.330 e. The summed E-state index contributed by atoms with van der Waals surface area (Å²) in [7, 11) is 0. The van der Waals surface area contributed by atoms with Crippen molar-refractivity contribution in [3.05, 3.63) is 63.0 Å². The Morgan fingerprint density at radius 2 is 1.88 bits per heavy atom. The van der Waals surface area contributed by atoms with E-state index >= 15 is 0 Å². The minimum Gasteiger partial charge on any atom is -0.330 e. The van der Waals surface area contributed by atoms with E-state index in [0.29, 0.717) is 12.5 Å². The van der Waals surface area contributed by atoms with Crippen molar-refractivity contribution >= 4 is 32.3 Å². The molecular formula is C21H21N3OS. The third-order valence-corrected chi connectivity index (χ3v) is 5.97. The summed E-state index contributed by atoms with van der Waals surface area (Å²) in [5, 5.41) is 4.04. The molecule has 0 spiro atoms. The standard InChI is InChI=1S/C21H21N3OS/c1-11(10-22)14-4-6-15(7-5-14)17-12(2)23-13(3)19-18(17)16-8-9-26-20(16)21(25)24-19/h4-9,11H,10,22H2,1-3H3,(H,24,25). The number of nitrogens with zero attached hydrogens (tertiary/aromatic N) is 1. The van der Waals surface area contributed by atoms with Gasteiger partial charge in [0.1, 0.15) is 4.70 Å². The van der Waals surface area contributed by atoms with Crippen LogP contribution >= 0.6 is 11.3 Å². The molecule has 3 heterocycles. The molecule has 0 aliphatic heterocycles. The second kappa shape index (κ2) is 6.34. The van der Waals surface area contributed by atoms with Crippen LogP contribution in [0.5, 0.6) is 0 Å². The zero-order valence-electron chi connectivity index (χ0n) is 15.1. The molecule has 4 nitrogen and oxygen atoms in total. The Balaban J connectivity index is 2.06. The third kappa shape index (κ3) is 2.55. The van der Waals surface area contributed by atoms with Crippen molar-refractivity contribution in [1.82, 2.24) is 9.97 Å². The van der Waals surface area contributed by atoms with Crippen molar-refractivity contribution in [2.75, 3.05) is 6.54 Å². The molecule has 4 aromatic rings. The molecule has 5 heteroatoms. The van der Waals surface area contributed by atoms with Crippen LogP contribution in [-0.2, 0) is 0 Å². The number of rotatable bonds is 3. The molecule has 0 bridgehead atoms. The zero-order valence-corrected chi connectivity index (χ0v) is 15.9. The topological polar surface area (TPSA) is 71.8 Å². The summed E-state index contributed by atoms with van der Waals surface area (Å²) in [6.07, 6.45) is 0. The Labute approximate surface area is 155 Å². The summed E-state index contributed by atoms with van der Waals surface area (Å²) in [5.41, 5.74) is 11.8. The predicted molar refractivity (Wildman–Crippen MR) is 110 cm³/mol. The first-order valence-corrected chi connectivity index (χ1v) is 9.60. The van der Waals surface area contributed by atoms with Crippen LogP contribution < -0.4 is 11.3 Å². The Morgan fingerprint density at radius 3 is 2.58 bits per heavy atom. The fourth-order valence-corrected chi connectivity index (χ4v) is 4.39. The Morgan fingerprint density at radius 1 is 1.15 bits per heavy atom. The average Bonchev–Trinajstić information content (AvgIpc) is 3.13. The van der Waals surface area contributed by atoms with Gasteiger partial charge in [-0.25, -0.2) is 0 Å². The minimum absolute atomic E-state index is 0.0469. The lowest BCUT2D eigenvalue weighted by molar-refractivity contribution is 0.774. The van der Waals surface area contributed by atoms with E-state index in [1.807, 2.05) is 25.3 Å². The highest BCUT2D eigenvalue weighted by Gasteiger charge is 2.17. The molecule has 0 aliphatic rings. The highest BCUT2D eigenvalue weighted by Crippen LogP contribution is 2.36. The van der Waals surface area contributed by atoms with Crippen molar-refractivity contribution < 1.29 is 0 Å². The highest BCUT2D eigenvalue weighted by atomic mass is 32.1. The number of nitrogens with two attached hydrogens (primary N) is 1. The van der Waals surface area contributed by atoms with E-state index in [4.69, 9.17) is 10.7 Å². The Bertz CT molecular complexity index is 1170. The molecule has 0 amide bonds. The van der Waals surface area contributed by atoms with E-state index < -0.39 is 0 Å². The molecule has 4 rings (SSSR count). The van der Waals surface area contributed by atoms with Gasteiger partial charge in [0.15, 0.2) is 0 Å². The number of thiophene rings is 1. The average molecular weight is 363 g/mol. The van der Waals surface area contributed by atoms with Gasteiger partial charge in [0.05, 0.1) is 11.2 Å². The van der Waals surface area contributed by atoms with Crippen molar-refractivity contribution in [1.29, 1.82) is 0 Å². The fraction of sp³-hybridized carbons (Fsp3) is 0.238. The second-order valence-electron chi connectivity index (χ2n) is 6.78. The molecule has 0 fully saturated rings. The maximum atomic E-state index is 12.4. The Kier molecular flexibility index (Phi) is 4.13. The third-order valence-electron chi connectivity index (χ3n) is 5.06. The van der Waals surface area contributed by atoms with Gasteiger partial charge in [0, 0.05) is 22.0 Å². The summed E-state index contributed by atoms with van der Waals surface area (Å²) >= 11 is 1.48. The molecule has 1 atom stereocenters. The van der Waals surface area contributed by atoms with Crippen LogP contribution in [0.2, 0.25) is 0 Å². The number of aromatic nitrogens is 2. The quantitative estimate of drug-likeness (QED) is 0.563. The first-order valence-electron chi connectivity index (χ1n) is 8.72. The van der Waals surface area contributed by atoms with Crippen LogP contribution in [0.1, 0.15) is 29.8 Å². The van der Waals surface area contributed by atoms with Crippen LogP contribution in [0.3, 0.4) is 0 Å². The lowest BCUT2D eigenvalue weighted by Gasteiger charge is -2.15. The van der Waals surface area contributed by atoms with E-state index in [2.05, 4.69) is 36.2 Å². The number of hydrogen-bond donors (Lipinski definition) is 2. The number of H-pyrrole nitrogens is 1. The van der Waals surface area contributed by atoms with Gasteiger partial charge in [-0.05, 0) is 48.9 Å². The van der Waals surface area contributed by atoms with Crippen LogP contribution in [0, 0.1) is 13.8 Å². The van der Waals surface area contributed by atoms with E-state index in [9.17, 15) is 4.79 Å². The van der Waals surface area contributed by atoms with E-state index in [1.165, 1.54) is 16.9 Å².